The fourth-order valence-electron chi connectivity index (χ4n) is 1.70. The van der Waals surface area contributed by atoms with Crippen molar-refractivity contribution in [3.05, 3.63) is 33.3 Å². The van der Waals surface area contributed by atoms with Gasteiger partial charge in [-0.2, -0.15) is 0 Å². The predicted molar refractivity (Wildman–Crippen MR) is 66.2 cm³/mol. The third-order valence-electron chi connectivity index (χ3n) is 2.56. The van der Waals surface area contributed by atoms with Crippen molar-refractivity contribution in [2.24, 2.45) is 0 Å². The van der Waals surface area contributed by atoms with Crippen molar-refractivity contribution in [1.29, 1.82) is 0 Å². The molecule has 7 heteroatoms. The minimum atomic E-state index is -0.544. The topological polar surface area (TPSA) is 73.6 Å². The zero-order valence-corrected chi connectivity index (χ0v) is 10.4. The molecule has 1 aliphatic rings. The van der Waals surface area contributed by atoms with E-state index in [2.05, 4.69) is 5.32 Å². The molecule has 1 unspecified atom stereocenters. The Morgan fingerprint density at radius 2 is 2.44 bits per heavy atom. The number of nitro groups is 1. The summed E-state index contributed by atoms with van der Waals surface area (Å²) in [4.78, 5) is 10.3. The fourth-order valence-corrected chi connectivity index (χ4v) is 1.93. The first-order valence-corrected chi connectivity index (χ1v) is 5.94. The highest BCUT2D eigenvalue weighted by atomic mass is 35.5. The van der Waals surface area contributed by atoms with E-state index >= 15 is 0 Å². The standard InChI is InChI=1S/C11H13ClN2O4/c12-9-2-1-3-10(11(9)14(15)16)18-7-8-6-13-4-5-17-8/h1-3,8,13H,4-7H2. The molecule has 6 nitrogen and oxygen atoms in total. The molecule has 0 amide bonds. The number of nitrogens with zero attached hydrogens (tertiary/aromatic N) is 1. The summed E-state index contributed by atoms with van der Waals surface area (Å²) >= 11 is 5.78. The highest BCUT2D eigenvalue weighted by molar-refractivity contribution is 6.32. The summed E-state index contributed by atoms with van der Waals surface area (Å²) in [6.45, 7) is 2.36. The molecule has 0 aromatic heterocycles. The fraction of sp³-hybridized carbons (Fsp3) is 0.455. The van der Waals surface area contributed by atoms with Gasteiger partial charge in [0.05, 0.1) is 11.5 Å². The molecule has 1 fully saturated rings. The molecule has 1 aromatic carbocycles. The molecule has 1 heterocycles. The number of ether oxygens (including phenoxy) is 2. The highest BCUT2D eigenvalue weighted by Crippen LogP contribution is 2.34. The van der Waals surface area contributed by atoms with Gasteiger partial charge in [-0.1, -0.05) is 17.7 Å². The van der Waals surface area contributed by atoms with Gasteiger partial charge in [0.1, 0.15) is 17.7 Å². The van der Waals surface area contributed by atoms with E-state index in [1.54, 1.807) is 6.07 Å². The summed E-state index contributed by atoms with van der Waals surface area (Å²) in [5.41, 5.74) is -0.206. The summed E-state index contributed by atoms with van der Waals surface area (Å²) in [5.74, 6) is 0.168. The molecular formula is C11H13ClN2O4. The average molecular weight is 273 g/mol. The van der Waals surface area contributed by atoms with Crippen LogP contribution in [0.1, 0.15) is 0 Å². The lowest BCUT2D eigenvalue weighted by Gasteiger charge is -2.23. The Bertz CT molecular complexity index is 435. The first-order valence-electron chi connectivity index (χ1n) is 5.56. The van der Waals surface area contributed by atoms with Crippen LogP contribution in [0.2, 0.25) is 5.02 Å². The lowest BCUT2D eigenvalue weighted by Crippen LogP contribution is -2.41. The van der Waals surface area contributed by atoms with Gasteiger partial charge < -0.3 is 14.8 Å². The number of hydrogen-bond donors (Lipinski definition) is 1. The molecule has 0 aliphatic carbocycles. The molecule has 1 N–H and O–H groups in total. The smallest absolute Gasteiger partial charge is 0.329 e. The molecule has 0 radical (unpaired) electrons. The molecule has 18 heavy (non-hydrogen) atoms. The number of benzene rings is 1. The minimum Gasteiger partial charge on any atom is -0.484 e. The SMILES string of the molecule is O=[N+]([O-])c1c(Cl)cccc1OCC1CNCCO1. The van der Waals surface area contributed by atoms with Gasteiger partial charge in [0, 0.05) is 13.1 Å². The van der Waals surface area contributed by atoms with Crippen molar-refractivity contribution in [1.82, 2.24) is 5.32 Å². The van der Waals surface area contributed by atoms with Crippen molar-refractivity contribution in [3.63, 3.8) is 0 Å². The summed E-state index contributed by atoms with van der Waals surface area (Å²) in [6.07, 6.45) is -0.0997. The quantitative estimate of drug-likeness (QED) is 0.666. The Hall–Kier alpha value is -1.37. The van der Waals surface area contributed by atoms with Crippen molar-refractivity contribution < 1.29 is 14.4 Å². The van der Waals surface area contributed by atoms with E-state index in [0.717, 1.165) is 6.54 Å². The van der Waals surface area contributed by atoms with Crippen molar-refractivity contribution in [3.8, 4) is 5.75 Å². The van der Waals surface area contributed by atoms with Crippen LogP contribution >= 0.6 is 11.6 Å². The van der Waals surface area contributed by atoms with Crippen LogP contribution in [0.15, 0.2) is 18.2 Å². The van der Waals surface area contributed by atoms with E-state index in [-0.39, 0.29) is 29.2 Å². The van der Waals surface area contributed by atoms with Crippen LogP contribution in [-0.2, 0) is 4.74 Å². The zero-order chi connectivity index (χ0) is 13.0. The molecule has 0 saturated carbocycles. The third-order valence-corrected chi connectivity index (χ3v) is 2.87. The van der Waals surface area contributed by atoms with Gasteiger partial charge >= 0.3 is 5.69 Å². The highest BCUT2D eigenvalue weighted by Gasteiger charge is 2.21. The molecule has 0 spiro atoms. The number of halogens is 1. The van der Waals surface area contributed by atoms with E-state index in [1.807, 2.05) is 0 Å². The number of morpholine rings is 1. The molecule has 1 aliphatic heterocycles. The number of nitrogens with one attached hydrogen (secondary N) is 1. The van der Waals surface area contributed by atoms with Crippen molar-refractivity contribution in [2.45, 2.75) is 6.10 Å². The van der Waals surface area contributed by atoms with Gasteiger partial charge in [-0.05, 0) is 12.1 Å². The van der Waals surface area contributed by atoms with E-state index in [4.69, 9.17) is 21.1 Å². The number of para-hydroxylation sites is 1. The second-order valence-corrected chi connectivity index (χ2v) is 4.26. The molecular weight excluding hydrogens is 260 g/mol. The van der Waals surface area contributed by atoms with Crippen LogP contribution < -0.4 is 10.1 Å². The summed E-state index contributed by atoms with van der Waals surface area (Å²) in [7, 11) is 0. The maximum absolute atomic E-state index is 10.9. The monoisotopic (exact) mass is 272 g/mol. The normalized spacial score (nSPS) is 19.5. The summed E-state index contributed by atoms with van der Waals surface area (Å²) in [6, 6.07) is 4.61. The largest absolute Gasteiger partial charge is 0.484 e. The van der Waals surface area contributed by atoms with Gasteiger partial charge in [-0.15, -0.1) is 0 Å². The van der Waals surface area contributed by atoms with Gasteiger partial charge in [0.2, 0.25) is 0 Å². The van der Waals surface area contributed by atoms with E-state index in [9.17, 15) is 10.1 Å². The second-order valence-electron chi connectivity index (χ2n) is 3.85. The Labute approximate surface area is 109 Å². The number of rotatable bonds is 4. The molecule has 1 aromatic rings. The van der Waals surface area contributed by atoms with E-state index in [0.29, 0.717) is 13.2 Å². The van der Waals surface area contributed by atoms with Crippen LogP contribution in [0.25, 0.3) is 0 Å². The average Bonchev–Trinajstić information content (AvgIpc) is 2.37. The lowest BCUT2D eigenvalue weighted by atomic mass is 10.3. The molecule has 1 saturated heterocycles. The van der Waals surface area contributed by atoms with Crippen LogP contribution in [0.5, 0.6) is 5.75 Å². The van der Waals surface area contributed by atoms with Gasteiger partial charge in [0.15, 0.2) is 5.75 Å². The van der Waals surface area contributed by atoms with Crippen molar-refractivity contribution >= 4 is 17.3 Å². The van der Waals surface area contributed by atoms with Crippen LogP contribution in [-0.4, -0.2) is 37.3 Å². The number of hydrogen-bond acceptors (Lipinski definition) is 5. The summed E-state index contributed by atoms with van der Waals surface area (Å²) in [5, 5.41) is 14.1. The Kier molecular flexibility index (Phi) is 4.35. The summed E-state index contributed by atoms with van der Waals surface area (Å²) < 4.78 is 10.9. The van der Waals surface area contributed by atoms with Crippen LogP contribution in [0, 0.1) is 10.1 Å². The van der Waals surface area contributed by atoms with Crippen molar-refractivity contribution in [2.75, 3.05) is 26.3 Å². The van der Waals surface area contributed by atoms with E-state index in [1.165, 1.54) is 12.1 Å². The Balaban J connectivity index is 2.04. The lowest BCUT2D eigenvalue weighted by molar-refractivity contribution is -0.385. The third kappa shape index (κ3) is 3.10. The van der Waals surface area contributed by atoms with Crippen LogP contribution in [0.3, 0.4) is 0 Å². The Morgan fingerprint density at radius 3 is 3.11 bits per heavy atom. The second kappa shape index (κ2) is 5.99. The number of nitro benzene ring substituents is 1. The van der Waals surface area contributed by atoms with Gasteiger partial charge in [-0.25, -0.2) is 0 Å². The Morgan fingerprint density at radius 1 is 1.61 bits per heavy atom. The van der Waals surface area contributed by atoms with E-state index < -0.39 is 4.92 Å². The minimum absolute atomic E-state index is 0.0696. The molecule has 0 bridgehead atoms. The predicted octanol–water partition coefficient (Wildman–Crippen LogP) is 1.62. The maximum Gasteiger partial charge on any atom is 0.329 e. The molecule has 1 atom stereocenters. The van der Waals surface area contributed by atoms with Gasteiger partial charge in [-0.3, -0.25) is 10.1 Å². The molecule has 2 rings (SSSR count). The van der Waals surface area contributed by atoms with Gasteiger partial charge in [0.25, 0.3) is 0 Å². The van der Waals surface area contributed by atoms with Crippen LogP contribution in [0.4, 0.5) is 5.69 Å². The molecule has 98 valence electrons. The zero-order valence-electron chi connectivity index (χ0n) is 9.60. The maximum atomic E-state index is 10.9. The first-order chi connectivity index (χ1) is 8.68. The first kappa shape index (κ1) is 13.1.